The van der Waals surface area contributed by atoms with Crippen LogP contribution in [0.15, 0.2) is 9.41 Å². The van der Waals surface area contributed by atoms with Gasteiger partial charge >= 0.3 is 0 Å². The summed E-state index contributed by atoms with van der Waals surface area (Å²) in [4.78, 5) is 13.6. The number of alkyl halides is 2. The second-order valence-corrected chi connectivity index (χ2v) is 8.80. The highest BCUT2D eigenvalue weighted by molar-refractivity contribution is 5.80. The van der Waals surface area contributed by atoms with Gasteiger partial charge in [0.2, 0.25) is 5.89 Å². The summed E-state index contributed by atoms with van der Waals surface area (Å²) in [7, 11) is 0. The summed E-state index contributed by atoms with van der Waals surface area (Å²) >= 11 is 0. The number of aliphatic imine (C=N–C) groups is 1. The van der Waals surface area contributed by atoms with E-state index in [0.717, 1.165) is 81.7 Å². The number of halogens is 2. The minimum absolute atomic E-state index is 0.116. The SMILES string of the molecule is CCNC(=NCC1CCN(Cc2nc(C)c(C)o2)CC1)NC1CCN(CC(F)F)CC1. The Bertz CT molecular complexity index is 675. The molecule has 3 heterocycles. The summed E-state index contributed by atoms with van der Waals surface area (Å²) < 4.78 is 30.8. The molecule has 0 saturated carbocycles. The number of aryl methyl sites for hydroxylation is 2. The number of nitrogens with one attached hydrogen (secondary N) is 2. The van der Waals surface area contributed by atoms with E-state index >= 15 is 0 Å². The maximum Gasteiger partial charge on any atom is 0.251 e. The lowest BCUT2D eigenvalue weighted by Gasteiger charge is -2.33. The molecule has 2 fully saturated rings. The highest BCUT2D eigenvalue weighted by atomic mass is 19.3. The van der Waals surface area contributed by atoms with Gasteiger partial charge in [-0.05, 0) is 65.5 Å². The van der Waals surface area contributed by atoms with Crippen molar-refractivity contribution in [2.24, 2.45) is 10.9 Å². The van der Waals surface area contributed by atoms with Crippen LogP contribution in [-0.4, -0.2) is 79.0 Å². The van der Waals surface area contributed by atoms with Gasteiger partial charge in [-0.1, -0.05) is 0 Å². The van der Waals surface area contributed by atoms with Gasteiger partial charge in [-0.25, -0.2) is 13.8 Å². The number of hydrogen-bond donors (Lipinski definition) is 2. The Morgan fingerprint density at radius 1 is 1.13 bits per heavy atom. The number of aromatic nitrogens is 1. The van der Waals surface area contributed by atoms with Crippen LogP contribution >= 0.6 is 0 Å². The Balaban J connectivity index is 1.40. The molecule has 0 amide bonds. The number of piperidine rings is 2. The molecule has 7 nitrogen and oxygen atoms in total. The highest BCUT2D eigenvalue weighted by Gasteiger charge is 2.23. The van der Waals surface area contributed by atoms with E-state index in [1.54, 1.807) is 0 Å². The quantitative estimate of drug-likeness (QED) is 0.479. The highest BCUT2D eigenvalue weighted by Crippen LogP contribution is 2.20. The fourth-order valence-corrected chi connectivity index (χ4v) is 4.31. The molecular formula is C22H38F2N6O. The Kier molecular flexibility index (Phi) is 9.07. The molecule has 1 aromatic rings. The molecule has 0 unspecified atom stereocenters. The van der Waals surface area contributed by atoms with Crippen LogP contribution in [0.1, 0.15) is 50.0 Å². The third-order valence-electron chi connectivity index (χ3n) is 6.32. The standard InChI is InChI=1S/C22H38F2N6O/c1-4-25-22(28-19-7-11-29(12-8-19)14-20(23)24)26-13-18-5-9-30(10-6-18)15-21-27-16(2)17(3)31-21/h18-20H,4-15H2,1-3H3,(H2,25,26,28). The van der Waals surface area contributed by atoms with Crippen LogP contribution in [0.5, 0.6) is 0 Å². The van der Waals surface area contributed by atoms with Gasteiger partial charge in [-0.15, -0.1) is 0 Å². The second kappa shape index (κ2) is 11.8. The molecule has 3 rings (SSSR count). The summed E-state index contributed by atoms with van der Waals surface area (Å²) in [5.74, 6) is 3.14. The molecule has 2 aliphatic heterocycles. The van der Waals surface area contributed by atoms with E-state index in [1.807, 2.05) is 18.7 Å². The zero-order valence-corrected chi connectivity index (χ0v) is 19.2. The Morgan fingerprint density at radius 2 is 1.81 bits per heavy atom. The number of oxazole rings is 1. The molecule has 0 aromatic carbocycles. The molecule has 31 heavy (non-hydrogen) atoms. The maximum atomic E-state index is 12.6. The first kappa shape index (κ1) is 23.9. The number of hydrogen-bond acceptors (Lipinski definition) is 5. The fraction of sp³-hybridized carbons (Fsp3) is 0.818. The van der Waals surface area contributed by atoms with Crippen molar-refractivity contribution in [2.75, 3.05) is 45.8 Å². The molecule has 0 radical (unpaired) electrons. The normalized spacial score (nSPS) is 20.5. The Morgan fingerprint density at radius 3 is 2.39 bits per heavy atom. The first-order chi connectivity index (χ1) is 14.9. The average molecular weight is 441 g/mol. The monoisotopic (exact) mass is 440 g/mol. The fourth-order valence-electron chi connectivity index (χ4n) is 4.31. The molecule has 2 saturated heterocycles. The first-order valence-corrected chi connectivity index (χ1v) is 11.6. The van der Waals surface area contributed by atoms with Crippen LogP contribution in [0, 0.1) is 19.8 Å². The molecule has 176 valence electrons. The summed E-state index contributed by atoms with van der Waals surface area (Å²) in [5.41, 5.74) is 0.974. The van der Waals surface area contributed by atoms with Crippen LogP contribution in [0.2, 0.25) is 0 Å². The van der Waals surface area contributed by atoms with E-state index in [-0.39, 0.29) is 6.54 Å². The van der Waals surface area contributed by atoms with Gasteiger partial charge in [0, 0.05) is 32.2 Å². The summed E-state index contributed by atoms with van der Waals surface area (Å²) in [6, 6.07) is 0.293. The Hall–Kier alpha value is -1.74. The van der Waals surface area contributed by atoms with Gasteiger partial charge in [0.1, 0.15) is 5.76 Å². The van der Waals surface area contributed by atoms with Crippen LogP contribution in [0.4, 0.5) is 8.78 Å². The van der Waals surface area contributed by atoms with Crippen molar-refractivity contribution in [2.45, 2.75) is 65.5 Å². The summed E-state index contributed by atoms with van der Waals surface area (Å²) in [6.45, 7) is 11.8. The minimum Gasteiger partial charge on any atom is -0.444 e. The van der Waals surface area contributed by atoms with Crippen molar-refractivity contribution < 1.29 is 13.2 Å². The van der Waals surface area contributed by atoms with Crippen molar-refractivity contribution in [3.8, 4) is 0 Å². The molecule has 2 N–H and O–H groups in total. The third-order valence-corrected chi connectivity index (χ3v) is 6.32. The van der Waals surface area contributed by atoms with Gasteiger partial charge < -0.3 is 15.1 Å². The molecule has 2 aliphatic rings. The lowest BCUT2D eigenvalue weighted by Crippen LogP contribution is -2.49. The van der Waals surface area contributed by atoms with Crippen LogP contribution in [0.3, 0.4) is 0 Å². The Labute approximate surface area is 184 Å². The molecule has 9 heteroatoms. The zero-order chi connectivity index (χ0) is 22.2. The lowest BCUT2D eigenvalue weighted by atomic mass is 9.97. The smallest absolute Gasteiger partial charge is 0.251 e. The van der Waals surface area contributed by atoms with Gasteiger partial charge in [0.15, 0.2) is 5.96 Å². The van der Waals surface area contributed by atoms with E-state index < -0.39 is 6.43 Å². The van der Waals surface area contributed by atoms with E-state index in [9.17, 15) is 8.78 Å². The molecule has 0 atom stereocenters. The molecule has 0 spiro atoms. The van der Waals surface area contributed by atoms with Crippen LogP contribution in [-0.2, 0) is 6.54 Å². The van der Waals surface area contributed by atoms with Crippen molar-refractivity contribution in [1.29, 1.82) is 0 Å². The molecule has 0 bridgehead atoms. The predicted octanol–water partition coefficient (Wildman–Crippen LogP) is 2.79. The van der Waals surface area contributed by atoms with Crippen molar-refractivity contribution in [3.63, 3.8) is 0 Å². The maximum absolute atomic E-state index is 12.6. The first-order valence-electron chi connectivity index (χ1n) is 11.6. The average Bonchev–Trinajstić information content (AvgIpc) is 3.05. The lowest BCUT2D eigenvalue weighted by molar-refractivity contribution is 0.0744. The van der Waals surface area contributed by atoms with Crippen molar-refractivity contribution in [3.05, 3.63) is 17.3 Å². The molecular weight excluding hydrogens is 402 g/mol. The van der Waals surface area contributed by atoms with Gasteiger partial charge in [0.05, 0.1) is 18.8 Å². The summed E-state index contributed by atoms with van der Waals surface area (Å²) in [5, 5.41) is 6.85. The largest absolute Gasteiger partial charge is 0.444 e. The van der Waals surface area contributed by atoms with E-state index in [1.165, 1.54) is 0 Å². The van der Waals surface area contributed by atoms with E-state index in [0.29, 0.717) is 25.0 Å². The molecule has 0 aliphatic carbocycles. The number of likely N-dealkylation sites (tertiary alicyclic amines) is 2. The van der Waals surface area contributed by atoms with Gasteiger partial charge in [-0.2, -0.15) is 0 Å². The van der Waals surface area contributed by atoms with E-state index in [2.05, 4.69) is 27.4 Å². The number of nitrogens with zero attached hydrogens (tertiary/aromatic N) is 4. The second-order valence-electron chi connectivity index (χ2n) is 8.80. The summed E-state index contributed by atoms with van der Waals surface area (Å²) in [6.07, 6.45) is 1.73. The van der Waals surface area contributed by atoms with Crippen molar-refractivity contribution in [1.82, 2.24) is 25.4 Å². The van der Waals surface area contributed by atoms with E-state index in [4.69, 9.17) is 9.41 Å². The number of guanidine groups is 1. The van der Waals surface area contributed by atoms with Crippen LogP contribution < -0.4 is 10.6 Å². The number of rotatable bonds is 8. The van der Waals surface area contributed by atoms with Gasteiger partial charge in [-0.3, -0.25) is 14.8 Å². The minimum atomic E-state index is -2.25. The molecule has 1 aromatic heterocycles. The van der Waals surface area contributed by atoms with Crippen LogP contribution in [0.25, 0.3) is 0 Å². The van der Waals surface area contributed by atoms with Crippen molar-refractivity contribution >= 4 is 5.96 Å². The third kappa shape index (κ3) is 7.71. The predicted molar refractivity (Wildman–Crippen MR) is 119 cm³/mol. The zero-order valence-electron chi connectivity index (χ0n) is 19.2. The topological polar surface area (TPSA) is 68.9 Å². The van der Waals surface area contributed by atoms with Gasteiger partial charge in [0.25, 0.3) is 6.43 Å².